The van der Waals surface area contributed by atoms with Crippen LogP contribution >= 0.6 is 12.2 Å². The number of hydrogen-bond donors (Lipinski definition) is 1. The first-order valence-electron chi connectivity index (χ1n) is 6.21. The summed E-state index contributed by atoms with van der Waals surface area (Å²) in [6.45, 7) is 4.33. The van der Waals surface area contributed by atoms with Gasteiger partial charge in [-0.15, -0.1) is 0 Å². The van der Waals surface area contributed by atoms with Crippen LogP contribution in [-0.2, 0) is 0 Å². The number of anilines is 1. The predicted molar refractivity (Wildman–Crippen MR) is 75.4 cm³/mol. The fourth-order valence-electron chi connectivity index (χ4n) is 2.15. The fourth-order valence-corrected chi connectivity index (χ4v) is 2.27. The van der Waals surface area contributed by atoms with Gasteiger partial charge in [-0.25, -0.2) is 0 Å². The molecule has 2 rings (SSSR count). The highest BCUT2D eigenvalue weighted by Crippen LogP contribution is 2.28. The van der Waals surface area contributed by atoms with Crippen LogP contribution in [0, 0.1) is 5.92 Å². The molecule has 92 valence electrons. The van der Waals surface area contributed by atoms with E-state index in [1.165, 1.54) is 24.9 Å². The van der Waals surface area contributed by atoms with Crippen LogP contribution in [0.4, 0.5) is 5.69 Å². The highest BCUT2D eigenvalue weighted by Gasteiger charge is 2.20. The molecule has 1 aromatic rings. The third-order valence-corrected chi connectivity index (χ3v) is 3.66. The number of hydrogen-bond acceptors (Lipinski definition) is 3. The molecule has 0 aromatic carbocycles. The fraction of sp³-hybridized carbons (Fsp3) is 0.538. The summed E-state index contributed by atoms with van der Waals surface area (Å²) in [4.78, 5) is 6.93. The number of rotatable bonds is 5. The first-order valence-corrected chi connectivity index (χ1v) is 6.62. The van der Waals surface area contributed by atoms with Crippen molar-refractivity contribution in [2.75, 3.05) is 18.0 Å². The lowest BCUT2D eigenvalue weighted by Crippen LogP contribution is -2.32. The Morgan fingerprint density at radius 3 is 2.88 bits per heavy atom. The zero-order chi connectivity index (χ0) is 12.3. The van der Waals surface area contributed by atoms with Gasteiger partial charge in [0.15, 0.2) is 0 Å². The molecule has 1 fully saturated rings. The number of nitrogens with two attached hydrogens (primary N) is 1. The van der Waals surface area contributed by atoms with Crippen LogP contribution in [-0.4, -0.2) is 23.1 Å². The van der Waals surface area contributed by atoms with Gasteiger partial charge < -0.3 is 10.6 Å². The first kappa shape index (κ1) is 12.3. The average Bonchev–Trinajstić information content (AvgIpc) is 2.28. The van der Waals surface area contributed by atoms with E-state index >= 15 is 0 Å². The Balaban J connectivity index is 2.11. The van der Waals surface area contributed by atoms with Crippen molar-refractivity contribution in [3.05, 3.63) is 24.0 Å². The minimum absolute atomic E-state index is 0.367. The van der Waals surface area contributed by atoms with Crippen molar-refractivity contribution in [3.8, 4) is 0 Å². The summed E-state index contributed by atoms with van der Waals surface area (Å²) < 4.78 is 0. The lowest BCUT2D eigenvalue weighted by molar-refractivity contribution is 0.318. The summed E-state index contributed by atoms with van der Waals surface area (Å²) in [6, 6.07) is 4.02. The van der Waals surface area contributed by atoms with E-state index in [1.54, 1.807) is 6.20 Å². The SMILES string of the molecule is CCN(CC1CCC1)c1ccnc(C(N)=S)c1. The minimum Gasteiger partial charge on any atom is -0.388 e. The van der Waals surface area contributed by atoms with Crippen molar-refractivity contribution in [2.24, 2.45) is 11.7 Å². The molecule has 0 radical (unpaired) electrons. The summed E-state index contributed by atoms with van der Waals surface area (Å²) in [5, 5.41) is 0. The summed E-state index contributed by atoms with van der Waals surface area (Å²) in [5.74, 6) is 0.858. The van der Waals surface area contributed by atoms with Crippen LogP contribution < -0.4 is 10.6 Å². The maximum absolute atomic E-state index is 5.61. The van der Waals surface area contributed by atoms with Crippen LogP contribution in [0.1, 0.15) is 31.9 Å². The van der Waals surface area contributed by atoms with Crippen LogP contribution in [0.5, 0.6) is 0 Å². The van der Waals surface area contributed by atoms with E-state index in [1.807, 2.05) is 12.1 Å². The van der Waals surface area contributed by atoms with E-state index < -0.39 is 0 Å². The first-order chi connectivity index (χ1) is 8.20. The van der Waals surface area contributed by atoms with Crippen LogP contribution in [0.15, 0.2) is 18.3 Å². The molecule has 1 saturated carbocycles. The van der Waals surface area contributed by atoms with Gasteiger partial charge in [0.05, 0.1) is 5.69 Å². The molecule has 1 heterocycles. The second kappa shape index (κ2) is 5.45. The highest BCUT2D eigenvalue weighted by atomic mass is 32.1. The standard InChI is InChI=1S/C13H19N3S/c1-2-16(9-10-4-3-5-10)11-6-7-15-12(8-11)13(14)17/h6-8,10H,2-5,9H2,1H3,(H2,14,17). The minimum atomic E-state index is 0.367. The summed E-state index contributed by atoms with van der Waals surface area (Å²) >= 11 is 4.96. The second-order valence-corrected chi connectivity index (χ2v) is 5.04. The van der Waals surface area contributed by atoms with Gasteiger partial charge in [0.25, 0.3) is 0 Å². The Kier molecular flexibility index (Phi) is 3.94. The maximum Gasteiger partial charge on any atom is 0.122 e. The summed E-state index contributed by atoms with van der Waals surface area (Å²) in [5.41, 5.74) is 7.50. The molecule has 0 saturated heterocycles. The van der Waals surface area contributed by atoms with Crippen molar-refractivity contribution in [1.29, 1.82) is 0 Å². The van der Waals surface area contributed by atoms with E-state index in [4.69, 9.17) is 18.0 Å². The van der Waals surface area contributed by atoms with Gasteiger partial charge in [0, 0.05) is 25.0 Å². The zero-order valence-corrected chi connectivity index (χ0v) is 11.0. The van der Waals surface area contributed by atoms with Gasteiger partial charge >= 0.3 is 0 Å². The van der Waals surface area contributed by atoms with Crippen LogP contribution in [0.25, 0.3) is 0 Å². The Morgan fingerprint density at radius 1 is 1.59 bits per heavy atom. The van der Waals surface area contributed by atoms with Crippen LogP contribution in [0.2, 0.25) is 0 Å². The zero-order valence-electron chi connectivity index (χ0n) is 10.2. The number of nitrogens with zero attached hydrogens (tertiary/aromatic N) is 2. The van der Waals surface area contributed by atoms with Crippen molar-refractivity contribution in [1.82, 2.24) is 4.98 Å². The predicted octanol–water partition coefficient (Wildman–Crippen LogP) is 2.34. The van der Waals surface area contributed by atoms with Crippen molar-refractivity contribution in [2.45, 2.75) is 26.2 Å². The Bertz CT molecular complexity index is 401. The lowest BCUT2D eigenvalue weighted by atomic mass is 9.85. The normalized spacial score (nSPS) is 15.4. The van der Waals surface area contributed by atoms with Crippen molar-refractivity contribution < 1.29 is 0 Å². The molecule has 2 N–H and O–H groups in total. The van der Waals surface area contributed by atoms with Gasteiger partial charge in [-0.3, -0.25) is 4.98 Å². The van der Waals surface area contributed by atoms with E-state index in [0.717, 1.165) is 19.0 Å². The third kappa shape index (κ3) is 2.94. The highest BCUT2D eigenvalue weighted by molar-refractivity contribution is 7.80. The third-order valence-electron chi connectivity index (χ3n) is 3.45. The van der Waals surface area contributed by atoms with E-state index in [0.29, 0.717) is 10.7 Å². The lowest BCUT2D eigenvalue weighted by Gasteiger charge is -2.33. The van der Waals surface area contributed by atoms with Crippen molar-refractivity contribution in [3.63, 3.8) is 0 Å². The van der Waals surface area contributed by atoms with E-state index in [2.05, 4.69) is 16.8 Å². The number of thiocarbonyl (C=S) groups is 1. The molecule has 1 aliphatic carbocycles. The molecule has 0 unspecified atom stereocenters. The Hall–Kier alpha value is -1.16. The average molecular weight is 249 g/mol. The van der Waals surface area contributed by atoms with Crippen LogP contribution in [0.3, 0.4) is 0 Å². The molecule has 0 spiro atoms. The smallest absolute Gasteiger partial charge is 0.122 e. The molecule has 0 bridgehead atoms. The summed E-state index contributed by atoms with van der Waals surface area (Å²) in [6.07, 6.45) is 5.90. The Labute approximate surface area is 108 Å². The molecule has 0 aliphatic heterocycles. The monoisotopic (exact) mass is 249 g/mol. The molecule has 17 heavy (non-hydrogen) atoms. The number of aromatic nitrogens is 1. The van der Waals surface area contributed by atoms with Gasteiger partial charge in [0.2, 0.25) is 0 Å². The number of pyridine rings is 1. The van der Waals surface area contributed by atoms with Gasteiger partial charge in [-0.05, 0) is 37.8 Å². The van der Waals surface area contributed by atoms with Gasteiger partial charge in [-0.1, -0.05) is 18.6 Å². The second-order valence-electron chi connectivity index (χ2n) is 4.60. The molecule has 0 amide bonds. The molecular formula is C13H19N3S. The quantitative estimate of drug-likeness (QED) is 0.813. The molecule has 3 nitrogen and oxygen atoms in total. The van der Waals surface area contributed by atoms with E-state index in [9.17, 15) is 0 Å². The summed E-state index contributed by atoms with van der Waals surface area (Å²) in [7, 11) is 0. The molecule has 0 atom stereocenters. The topological polar surface area (TPSA) is 42.2 Å². The molecule has 1 aliphatic rings. The largest absolute Gasteiger partial charge is 0.388 e. The van der Waals surface area contributed by atoms with Gasteiger partial charge in [0.1, 0.15) is 4.99 Å². The van der Waals surface area contributed by atoms with Gasteiger partial charge in [-0.2, -0.15) is 0 Å². The molecule has 4 heteroatoms. The van der Waals surface area contributed by atoms with E-state index in [-0.39, 0.29) is 0 Å². The molecular weight excluding hydrogens is 230 g/mol. The maximum atomic E-state index is 5.61. The Morgan fingerprint density at radius 2 is 2.35 bits per heavy atom. The molecule has 1 aromatic heterocycles. The van der Waals surface area contributed by atoms with Crippen molar-refractivity contribution >= 4 is 22.9 Å².